The van der Waals surface area contributed by atoms with E-state index in [9.17, 15) is 4.39 Å². The summed E-state index contributed by atoms with van der Waals surface area (Å²) >= 11 is 3.20. The van der Waals surface area contributed by atoms with Gasteiger partial charge in [-0.1, -0.05) is 15.9 Å². The van der Waals surface area contributed by atoms with Gasteiger partial charge in [-0.25, -0.2) is 9.37 Å². The lowest BCUT2D eigenvalue weighted by Crippen LogP contribution is -1.93. The number of aromatic nitrogens is 1. The number of ether oxygens (including phenoxy) is 1. The lowest BCUT2D eigenvalue weighted by molar-refractivity contribution is 0.392. The van der Waals surface area contributed by atoms with Crippen LogP contribution in [0.5, 0.6) is 5.88 Å². The zero-order valence-corrected chi connectivity index (χ0v) is 9.68. The first-order chi connectivity index (χ1) is 5.27. The van der Waals surface area contributed by atoms with Crippen molar-refractivity contribution >= 4 is 32.9 Å². The van der Waals surface area contributed by atoms with E-state index in [1.165, 1.54) is 13.2 Å². The minimum Gasteiger partial charge on any atom is -0.481 e. The van der Waals surface area contributed by atoms with Crippen LogP contribution < -0.4 is 4.74 Å². The van der Waals surface area contributed by atoms with Gasteiger partial charge < -0.3 is 4.74 Å². The van der Waals surface area contributed by atoms with Gasteiger partial charge in [0.25, 0.3) is 0 Å². The average molecular weight is 301 g/mol. The van der Waals surface area contributed by atoms with Crippen LogP contribution in [-0.4, -0.2) is 12.1 Å². The van der Waals surface area contributed by atoms with Gasteiger partial charge in [0.05, 0.1) is 13.3 Å². The van der Waals surface area contributed by atoms with Crippen molar-refractivity contribution in [2.75, 3.05) is 7.11 Å². The lowest BCUT2D eigenvalue weighted by atomic mass is 10.3. The van der Waals surface area contributed by atoms with Crippen LogP contribution in [-0.2, 0) is 5.33 Å². The van der Waals surface area contributed by atoms with Gasteiger partial charge in [0.2, 0.25) is 5.88 Å². The van der Waals surface area contributed by atoms with Crippen molar-refractivity contribution < 1.29 is 9.13 Å². The molecule has 0 saturated carbocycles. The van der Waals surface area contributed by atoms with E-state index in [1.54, 1.807) is 0 Å². The predicted octanol–water partition coefficient (Wildman–Crippen LogP) is 2.70. The fourth-order valence-electron chi connectivity index (χ4n) is 0.748. The van der Waals surface area contributed by atoms with Crippen molar-refractivity contribution in [1.82, 2.24) is 4.98 Å². The highest BCUT2D eigenvalue weighted by molar-refractivity contribution is 9.08. The lowest BCUT2D eigenvalue weighted by Gasteiger charge is -2.02. The highest BCUT2D eigenvalue weighted by Crippen LogP contribution is 2.17. The van der Waals surface area contributed by atoms with E-state index in [4.69, 9.17) is 4.74 Å². The van der Waals surface area contributed by atoms with E-state index in [0.717, 1.165) is 6.20 Å². The van der Waals surface area contributed by atoms with Crippen molar-refractivity contribution in [2.45, 2.75) is 5.33 Å². The number of pyridine rings is 1. The van der Waals surface area contributed by atoms with E-state index < -0.39 is 0 Å². The van der Waals surface area contributed by atoms with E-state index in [-0.39, 0.29) is 22.8 Å². The molecule has 68 valence electrons. The van der Waals surface area contributed by atoms with Crippen LogP contribution >= 0.6 is 32.9 Å². The molecule has 0 N–H and O–H groups in total. The molecule has 0 aliphatic heterocycles. The summed E-state index contributed by atoms with van der Waals surface area (Å²) in [4.78, 5) is 3.74. The first-order valence-corrected chi connectivity index (χ1v) is 4.14. The van der Waals surface area contributed by atoms with Gasteiger partial charge in [-0.15, -0.1) is 17.0 Å². The second kappa shape index (κ2) is 5.48. The summed E-state index contributed by atoms with van der Waals surface area (Å²) in [5.74, 6) is 0.114. The van der Waals surface area contributed by atoms with Gasteiger partial charge in [-0.2, -0.15) is 0 Å². The van der Waals surface area contributed by atoms with Gasteiger partial charge >= 0.3 is 0 Å². The first kappa shape index (κ1) is 11.8. The maximum absolute atomic E-state index is 12.5. The van der Waals surface area contributed by atoms with Crippen molar-refractivity contribution in [3.8, 4) is 5.88 Å². The Morgan fingerprint density at radius 2 is 2.33 bits per heavy atom. The maximum atomic E-state index is 12.5. The molecule has 1 aromatic rings. The number of halogens is 3. The Kier molecular flexibility index (Phi) is 5.41. The number of alkyl halides is 1. The normalized spacial score (nSPS) is 8.92. The molecule has 0 unspecified atom stereocenters. The second-order valence-electron chi connectivity index (χ2n) is 1.96. The molecule has 0 bridgehead atoms. The number of rotatable bonds is 2. The molecule has 12 heavy (non-hydrogen) atoms. The van der Waals surface area contributed by atoms with Crippen molar-refractivity contribution in [3.05, 3.63) is 23.6 Å². The Labute approximate surface area is 89.0 Å². The number of methoxy groups -OCH3 is 1. The topological polar surface area (TPSA) is 22.1 Å². The summed E-state index contributed by atoms with van der Waals surface area (Å²) in [5.41, 5.74) is 0.715. The Morgan fingerprint density at radius 1 is 1.67 bits per heavy atom. The monoisotopic (exact) mass is 299 g/mol. The minimum absolute atomic E-state index is 0. The average Bonchev–Trinajstić information content (AvgIpc) is 2.04. The van der Waals surface area contributed by atoms with Gasteiger partial charge in [-0.3, -0.25) is 0 Å². The third-order valence-corrected chi connectivity index (χ3v) is 1.83. The summed E-state index contributed by atoms with van der Waals surface area (Å²) < 4.78 is 17.4. The Hall–Kier alpha value is -0.160. The van der Waals surface area contributed by atoms with E-state index >= 15 is 0 Å². The molecule has 1 heterocycles. The summed E-state index contributed by atoms with van der Waals surface area (Å²) in [5, 5.41) is 0.543. The van der Waals surface area contributed by atoms with Gasteiger partial charge in [-0.05, 0) is 6.07 Å². The molecule has 0 aliphatic rings. The van der Waals surface area contributed by atoms with E-state index in [2.05, 4.69) is 20.9 Å². The van der Waals surface area contributed by atoms with Crippen molar-refractivity contribution in [1.29, 1.82) is 0 Å². The molecule has 0 aromatic carbocycles. The Bertz CT molecular complexity index is 257. The smallest absolute Gasteiger partial charge is 0.217 e. The molecule has 0 saturated heterocycles. The molecule has 1 rings (SSSR count). The zero-order valence-electron chi connectivity index (χ0n) is 6.38. The molecule has 0 radical (unpaired) electrons. The zero-order chi connectivity index (χ0) is 8.27. The van der Waals surface area contributed by atoms with E-state index in [1.807, 2.05) is 0 Å². The molecule has 5 heteroatoms. The SMILES string of the molecule is Br.COc1ncc(F)cc1CBr. The highest BCUT2D eigenvalue weighted by Gasteiger charge is 2.03. The Balaban J connectivity index is 0.00000121. The summed E-state index contributed by atoms with van der Waals surface area (Å²) in [7, 11) is 1.51. The second-order valence-corrected chi connectivity index (χ2v) is 2.52. The van der Waals surface area contributed by atoms with Gasteiger partial charge in [0.15, 0.2) is 0 Å². The van der Waals surface area contributed by atoms with Crippen molar-refractivity contribution in [2.24, 2.45) is 0 Å². The predicted molar refractivity (Wildman–Crippen MR) is 53.7 cm³/mol. The summed E-state index contributed by atoms with van der Waals surface area (Å²) in [6.45, 7) is 0. The maximum Gasteiger partial charge on any atom is 0.217 e. The fourth-order valence-corrected chi connectivity index (χ4v) is 1.15. The largest absolute Gasteiger partial charge is 0.481 e. The van der Waals surface area contributed by atoms with Crippen LogP contribution in [0.25, 0.3) is 0 Å². The molecular formula is C7H8Br2FNO. The quantitative estimate of drug-likeness (QED) is 0.784. The van der Waals surface area contributed by atoms with Crippen LogP contribution in [0.1, 0.15) is 5.56 Å². The van der Waals surface area contributed by atoms with Crippen LogP contribution in [0, 0.1) is 5.82 Å². The number of hydrogen-bond acceptors (Lipinski definition) is 2. The van der Waals surface area contributed by atoms with Crippen LogP contribution in [0.2, 0.25) is 0 Å². The molecule has 0 atom stereocenters. The summed E-state index contributed by atoms with van der Waals surface area (Å²) in [6.07, 6.45) is 1.13. The van der Waals surface area contributed by atoms with Crippen molar-refractivity contribution in [3.63, 3.8) is 0 Å². The molecule has 0 spiro atoms. The standard InChI is InChI=1S/C7H7BrFNO.BrH/c1-11-7-5(3-8)2-6(9)4-10-7;/h2,4H,3H2,1H3;1H. The first-order valence-electron chi connectivity index (χ1n) is 3.02. The molecule has 1 aromatic heterocycles. The molecule has 0 fully saturated rings. The van der Waals surface area contributed by atoms with Crippen LogP contribution in [0.3, 0.4) is 0 Å². The number of hydrogen-bond donors (Lipinski definition) is 0. The van der Waals surface area contributed by atoms with Crippen LogP contribution in [0.15, 0.2) is 12.3 Å². The molecule has 0 amide bonds. The van der Waals surface area contributed by atoms with Gasteiger partial charge in [0, 0.05) is 10.9 Å². The number of nitrogens with zero attached hydrogens (tertiary/aromatic N) is 1. The summed E-state index contributed by atoms with van der Waals surface area (Å²) in [6, 6.07) is 1.39. The van der Waals surface area contributed by atoms with Crippen LogP contribution in [0.4, 0.5) is 4.39 Å². The van der Waals surface area contributed by atoms with E-state index in [0.29, 0.717) is 16.8 Å². The highest BCUT2D eigenvalue weighted by atomic mass is 79.9. The van der Waals surface area contributed by atoms with Gasteiger partial charge in [0.1, 0.15) is 5.82 Å². The molecular weight excluding hydrogens is 293 g/mol. The fraction of sp³-hybridized carbons (Fsp3) is 0.286. The molecule has 0 aliphatic carbocycles. The third kappa shape index (κ3) is 2.71. The Morgan fingerprint density at radius 3 is 2.83 bits per heavy atom. The molecule has 2 nitrogen and oxygen atoms in total. The third-order valence-electron chi connectivity index (χ3n) is 1.23. The minimum atomic E-state index is -0.347.